The van der Waals surface area contributed by atoms with Crippen LogP contribution >= 0.6 is 11.3 Å². The van der Waals surface area contributed by atoms with Crippen LogP contribution < -0.4 is 14.8 Å². The lowest BCUT2D eigenvalue weighted by Crippen LogP contribution is -2.38. The van der Waals surface area contributed by atoms with Crippen LogP contribution in [0.2, 0.25) is 0 Å². The minimum atomic E-state index is -0.344. The van der Waals surface area contributed by atoms with E-state index in [1.807, 2.05) is 32.0 Å². The van der Waals surface area contributed by atoms with Crippen LogP contribution in [-0.2, 0) is 24.2 Å². The normalized spacial score (nSPS) is 16.1. The number of hydrogen-bond acceptors (Lipinski definition) is 7. The van der Waals surface area contributed by atoms with Crippen molar-refractivity contribution in [1.82, 2.24) is 9.88 Å². The van der Waals surface area contributed by atoms with Crippen molar-refractivity contribution in [2.45, 2.75) is 38.8 Å². The number of nitrogens with one attached hydrogen (secondary N) is 1. The van der Waals surface area contributed by atoms with Crippen molar-refractivity contribution in [3.63, 3.8) is 0 Å². The molecule has 0 fully saturated rings. The Labute approximate surface area is 189 Å². The summed E-state index contributed by atoms with van der Waals surface area (Å²) in [6.07, 6.45) is 2.89. The number of benzene rings is 1. The maximum absolute atomic E-state index is 12.8. The number of carbonyl (C=O) groups excluding carboxylic acids is 2. The van der Waals surface area contributed by atoms with Gasteiger partial charge in [0, 0.05) is 29.8 Å². The lowest BCUT2D eigenvalue weighted by atomic mass is 10.0. The predicted octanol–water partition coefficient (Wildman–Crippen LogP) is 3.67. The first-order valence-electron chi connectivity index (χ1n) is 10.4. The molecule has 0 unspecified atom stereocenters. The van der Waals surface area contributed by atoms with E-state index in [4.69, 9.17) is 13.9 Å². The summed E-state index contributed by atoms with van der Waals surface area (Å²) in [5, 5.41) is 3.26. The van der Waals surface area contributed by atoms with Crippen molar-refractivity contribution >= 4 is 28.3 Å². The smallest absolute Gasteiger partial charge is 0.293 e. The van der Waals surface area contributed by atoms with Gasteiger partial charge in [-0.2, -0.15) is 0 Å². The first-order valence-corrected chi connectivity index (χ1v) is 11.2. The van der Waals surface area contributed by atoms with Crippen LogP contribution in [-0.4, -0.2) is 40.5 Å². The molecule has 8 nitrogen and oxygen atoms in total. The molecule has 1 N–H and O–H groups in total. The quantitative estimate of drug-likeness (QED) is 0.634. The third-order valence-electron chi connectivity index (χ3n) is 5.46. The zero-order valence-corrected chi connectivity index (χ0v) is 18.7. The van der Waals surface area contributed by atoms with Gasteiger partial charge < -0.3 is 18.8 Å². The second-order valence-electron chi connectivity index (χ2n) is 8.46. The van der Waals surface area contributed by atoms with Gasteiger partial charge in [-0.3, -0.25) is 14.9 Å². The van der Waals surface area contributed by atoms with Gasteiger partial charge in [-0.05, 0) is 32.0 Å². The molecular formula is C23H23N3O5S. The largest absolute Gasteiger partial charge is 0.483 e. The number of fused-ring (bicyclic) bond motifs is 2. The third kappa shape index (κ3) is 4.08. The van der Waals surface area contributed by atoms with E-state index in [1.165, 1.54) is 17.6 Å². The van der Waals surface area contributed by atoms with Gasteiger partial charge >= 0.3 is 0 Å². The Morgan fingerprint density at radius 1 is 1.28 bits per heavy atom. The van der Waals surface area contributed by atoms with Gasteiger partial charge in [0.2, 0.25) is 0 Å². The maximum atomic E-state index is 12.8. The highest BCUT2D eigenvalue weighted by molar-refractivity contribution is 7.15. The number of rotatable bonds is 5. The molecule has 0 saturated heterocycles. The Morgan fingerprint density at radius 3 is 2.97 bits per heavy atom. The molecule has 0 spiro atoms. The molecule has 9 heteroatoms. The summed E-state index contributed by atoms with van der Waals surface area (Å²) in [7, 11) is 0. The Bertz CT molecular complexity index is 1170. The first-order chi connectivity index (χ1) is 15.4. The Kier molecular flexibility index (Phi) is 5.13. The maximum Gasteiger partial charge on any atom is 0.293 e. The molecule has 2 aliphatic heterocycles. The zero-order chi connectivity index (χ0) is 22.3. The van der Waals surface area contributed by atoms with Gasteiger partial charge in [-0.25, -0.2) is 4.98 Å². The van der Waals surface area contributed by atoms with Gasteiger partial charge in [-0.1, -0.05) is 23.5 Å². The highest BCUT2D eigenvalue weighted by Gasteiger charge is 2.32. The Balaban J connectivity index is 1.20. The predicted molar refractivity (Wildman–Crippen MR) is 118 cm³/mol. The lowest BCUT2D eigenvalue weighted by Gasteiger charge is -2.26. The summed E-state index contributed by atoms with van der Waals surface area (Å²) < 4.78 is 17.0. The average Bonchev–Trinajstić information content (AvgIpc) is 3.48. The molecule has 0 radical (unpaired) electrons. The molecule has 0 saturated carbocycles. The molecule has 166 valence electrons. The number of ether oxygens (including phenoxy) is 2. The molecular weight excluding hydrogens is 430 g/mol. The number of anilines is 1. The molecule has 3 aromatic rings. The van der Waals surface area contributed by atoms with Crippen LogP contribution in [0.25, 0.3) is 0 Å². The summed E-state index contributed by atoms with van der Waals surface area (Å²) in [5.74, 6) is 1.11. The molecule has 2 aromatic heterocycles. The molecule has 0 bridgehead atoms. The van der Waals surface area contributed by atoms with Crippen molar-refractivity contribution in [2.75, 3.05) is 18.5 Å². The molecule has 4 heterocycles. The van der Waals surface area contributed by atoms with Gasteiger partial charge in [0.05, 0.1) is 18.5 Å². The van der Waals surface area contributed by atoms with Crippen LogP contribution in [0.4, 0.5) is 5.13 Å². The van der Waals surface area contributed by atoms with Crippen LogP contribution in [0, 0.1) is 0 Å². The fourth-order valence-electron chi connectivity index (χ4n) is 3.96. The minimum Gasteiger partial charge on any atom is -0.483 e. The monoisotopic (exact) mass is 453 g/mol. The van der Waals surface area contributed by atoms with E-state index in [2.05, 4.69) is 10.3 Å². The number of furan rings is 1. The number of para-hydroxylation sites is 1. The molecule has 0 aliphatic carbocycles. The summed E-state index contributed by atoms with van der Waals surface area (Å²) in [4.78, 5) is 32.2. The van der Waals surface area contributed by atoms with E-state index in [0.717, 1.165) is 28.3 Å². The molecule has 0 atom stereocenters. The minimum absolute atomic E-state index is 0.0591. The standard InChI is InChI=1S/C23H23N3O5S/c1-23(2)11-14-5-3-6-16(20(14)31-23)30-13-19(27)26-9-8-15-18(12-26)32-22(24-15)25-21(28)17-7-4-10-29-17/h3-7,10H,8-9,11-13H2,1-2H3,(H,24,25,28). The molecule has 5 rings (SSSR count). The summed E-state index contributed by atoms with van der Waals surface area (Å²) in [6, 6.07) is 9.03. The molecule has 32 heavy (non-hydrogen) atoms. The van der Waals surface area contributed by atoms with Gasteiger partial charge in [0.15, 0.2) is 29.0 Å². The van der Waals surface area contributed by atoms with Crippen molar-refractivity contribution in [3.8, 4) is 11.5 Å². The van der Waals surface area contributed by atoms with Crippen LogP contribution in [0.15, 0.2) is 41.0 Å². The van der Waals surface area contributed by atoms with E-state index in [9.17, 15) is 9.59 Å². The third-order valence-corrected chi connectivity index (χ3v) is 6.45. The topological polar surface area (TPSA) is 93.9 Å². The average molecular weight is 454 g/mol. The van der Waals surface area contributed by atoms with Gasteiger partial charge in [0.1, 0.15) is 5.60 Å². The summed E-state index contributed by atoms with van der Waals surface area (Å²) in [6.45, 7) is 5.01. The van der Waals surface area contributed by atoms with Gasteiger partial charge in [-0.15, -0.1) is 0 Å². The highest BCUT2D eigenvalue weighted by Crippen LogP contribution is 2.41. The summed E-state index contributed by atoms with van der Waals surface area (Å²) in [5.41, 5.74) is 1.73. The van der Waals surface area contributed by atoms with Crippen molar-refractivity contribution in [1.29, 1.82) is 0 Å². The SMILES string of the molecule is CC1(C)Cc2cccc(OCC(=O)N3CCc4nc(NC(=O)c5ccco5)sc4C3)c2O1. The number of hydrogen-bond donors (Lipinski definition) is 1. The van der Waals surface area contributed by atoms with Gasteiger partial charge in [0.25, 0.3) is 11.8 Å². The second-order valence-corrected chi connectivity index (χ2v) is 9.54. The van der Waals surface area contributed by atoms with Crippen molar-refractivity contribution < 1.29 is 23.5 Å². The number of amides is 2. The van der Waals surface area contributed by atoms with E-state index < -0.39 is 0 Å². The highest BCUT2D eigenvalue weighted by atomic mass is 32.1. The number of nitrogens with zero attached hydrogens (tertiary/aromatic N) is 2. The number of thiazole rings is 1. The first kappa shape index (κ1) is 20.6. The van der Waals surface area contributed by atoms with E-state index in [-0.39, 0.29) is 29.8 Å². The zero-order valence-electron chi connectivity index (χ0n) is 17.8. The van der Waals surface area contributed by atoms with Crippen LogP contribution in [0.1, 0.15) is 40.5 Å². The fourth-order valence-corrected chi connectivity index (χ4v) is 4.98. The summed E-state index contributed by atoms with van der Waals surface area (Å²) >= 11 is 1.37. The van der Waals surface area contributed by atoms with Crippen molar-refractivity contribution in [2.24, 2.45) is 0 Å². The van der Waals surface area contributed by atoms with Crippen molar-refractivity contribution in [3.05, 3.63) is 58.5 Å². The van der Waals surface area contributed by atoms with E-state index >= 15 is 0 Å². The molecule has 1 aromatic carbocycles. The Morgan fingerprint density at radius 2 is 2.16 bits per heavy atom. The van der Waals surface area contributed by atoms with E-state index in [1.54, 1.807) is 17.0 Å². The van der Waals surface area contributed by atoms with Crippen LogP contribution in [0.3, 0.4) is 0 Å². The number of aromatic nitrogens is 1. The fraction of sp³-hybridized carbons (Fsp3) is 0.348. The lowest BCUT2D eigenvalue weighted by molar-refractivity contribution is -0.134. The Hall–Kier alpha value is -3.33. The van der Waals surface area contributed by atoms with E-state index in [0.29, 0.717) is 30.4 Å². The number of carbonyl (C=O) groups is 2. The molecule has 2 amide bonds. The second kappa shape index (κ2) is 7.98. The van der Waals surface area contributed by atoms with Crippen LogP contribution in [0.5, 0.6) is 11.5 Å². The molecule has 2 aliphatic rings.